The smallest absolute Gasteiger partial charge is 0.120 e. The van der Waals surface area contributed by atoms with Gasteiger partial charge in [0.2, 0.25) is 0 Å². The minimum absolute atomic E-state index is 0.200. The van der Waals surface area contributed by atoms with Crippen molar-refractivity contribution in [1.82, 2.24) is 0 Å². The second-order valence-electron chi connectivity index (χ2n) is 5.60. The van der Waals surface area contributed by atoms with Crippen LogP contribution in [0.2, 0.25) is 0 Å². The second kappa shape index (κ2) is 2.69. The number of hydrogen-bond donors (Lipinski definition) is 1. The Morgan fingerprint density at radius 3 is 2.17 bits per heavy atom. The van der Waals surface area contributed by atoms with E-state index in [1.54, 1.807) is 0 Å². The molecule has 0 heterocycles. The Hall–Kier alpha value is -0.110. The Kier molecular flexibility index (Phi) is 2.24. The van der Waals surface area contributed by atoms with Crippen LogP contribution >= 0.6 is 0 Å². The van der Waals surface area contributed by atoms with Crippen LogP contribution in [0.15, 0.2) is 0 Å². The van der Waals surface area contributed by atoms with Crippen LogP contribution in [-0.2, 0) is 0 Å². The lowest BCUT2D eigenvalue weighted by atomic mass is 9.63. The summed E-state index contributed by atoms with van der Waals surface area (Å²) in [7, 11) is 0. The Bertz CT molecular complexity index is 175. The van der Waals surface area contributed by atoms with Gasteiger partial charge in [0, 0.05) is 6.04 Å². The Morgan fingerprint density at radius 1 is 1.25 bits per heavy atom. The van der Waals surface area contributed by atoms with Gasteiger partial charge in [0.1, 0.15) is 6.17 Å². The zero-order chi connectivity index (χ0) is 9.57. The third-order valence-electron chi connectivity index (χ3n) is 2.84. The molecule has 1 fully saturated rings. The first-order chi connectivity index (χ1) is 5.25. The maximum absolute atomic E-state index is 13.6. The number of hydrogen-bond acceptors (Lipinski definition) is 1. The van der Waals surface area contributed by atoms with Gasteiger partial charge in [-0.05, 0) is 23.7 Å². The van der Waals surface area contributed by atoms with Crippen LogP contribution in [0, 0.1) is 10.8 Å². The van der Waals surface area contributed by atoms with Crippen molar-refractivity contribution in [2.45, 2.75) is 52.8 Å². The van der Waals surface area contributed by atoms with E-state index >= 15 is 0 Å². The number of halogens is 1. The molecule has 0 spiro atoms. The first kappa shape index (κ1) is 9.97. The summed E-state index contributed by atoms with van der Waals surface area (Å²) in [5, 5.41) is 0. The molecule has 1 saturated carbocycles. The second-order valence-corrected chi connectivity index (χ2v) is 5.60. The molecule has 0 saturated heterocycles. The molecule has 1 aliphatic carbocycles. The highest BCUT2D eigenvalue weighted by molar-refractivity contribution is 4.97. The maximum atomic E-state index is 13.6. The van der Waals surface area contributed by atoms with Crippen molar-refractivity contribution in [1.29, 1.82) is 0 Å². The van der Waals surface area contributed by atoms with Gasteiger partial charge in [-0.2, -0.15) is 0 Å². The van der Waals surface area contributed by atoms with Crippen molar-refractivity contribution in [2.75, 3.05) is 0 Å². The fourth-order valence-electron chi connectivity index (χ4n) is 2.72. The third-order valence-corrected chi connectivity index (χ3v) is 2.84. The summed E-state index contributed by atoms with van der Waals surface area (Å²) in [6.07, 6.45) is 0.887. The van der Waals surface area contributed by atoms with Crippen molar-refractivity contribution >= 4 is 0 Å². The van der Waals surface area contributed by atoms with Gasteiger partial charge in [0.15, 0.2) is 0 Å². The molecule has 2 N–H and O–H groups in total. The first-order valence-corrected chi connectivity index (χ1v) is 4.64. The van der Waals surface area contributed by atoms with Crippen LogP contribution in [0.3, 0.4) is 0 Å². The van der Waals surface area contributed by atoms with E-state index in [-0.39, 0.29) is 16.9 Å². The predicted octanol–water partition coefficient (Wildman–Crippen LogP) is 2.50. The van der Waals surface area contributed by atoms with Crippen molar-refractivity contribution in [2.24, 2.45) is 16.6 Å². The van der Waals surface area contributed by atoms with E-state index in [9.17, 15) is 4.39 Å². The quantitative estimate of drug-likeness (QED) is 0.598. The molecule has 0 amide bonds. The van der Waals surface area contributed by atoms with E-state index in [4.69, 9.17) is 5.73 Å². The van der Waals surface area contributed by atoms with Crippen LogP contribution in [0.5, 0.6) is 0 Å². The van der Waals surface area contributed by atoms with E-state index in [2.05, 4.69) is 13.8 Å². The van der Waals surface area contributed by atoms with Gasteiger partial charge in [0.05, 0.1) is 0 Å². The summed E-state index contributed by atoms with van der Waals surface area (Å²) in [5.74, 6) is 0. The maximum Gasteiger partial charge on any atom is 0.120 e. The number of alkyl halides is 1. The third kappa shape index (κ3) is 1.79. The van der Waals surface area contributed by atoms with Crippen molar-refractivity contribution < 1.29 is 4.39 Å². The Labute approximate surface area is 74.5 Å². The van der Waals surface area contributed by atoms with Crippen LogP contribution in [-0.4, -0.2) is 12.2 Å². The van der Waals surface area contributed by atoms with E-state index in [1.165, 1.54) is 0 Å². The summed E-state index contributed by atoms with van der Waals surface area (Å²) in [6, 6.07) is -0.274. The molecule has 0 radical (unpaired) electrons. The molecule has 1 rings (SSSR count). The van der Waals surface area contributed by atoms with Gasteiger partial charge < -0.3 is 5.73 Å². The molecule has 0 aliphatic heterocycles. The summed E-state index contributed by atoms with van der Waals surface area (Å²) in [5.41, 5.74) is 5.71. The lowest BCUT2D eigenvalue weighted by Crippen LogP contribution is -2.50. The monoisotopic (exact) mass is 173 g/mol. The van der Waals surface area contributed by atoms with E-state index in [1.807, 2.05) is 13.8 Å². The first-order valence-electron chi connectivity index (χ1n) is 4.64. The van der Waals surface area contributed by atoms with Crippen LogP contribution in [0.4, 0.5) is 4.39 Å². The minimum atomic E-state index is -0.842. The Morgan fingerprint density at radius 2 is 1.75 bits per heavy atom. The molecular formula is C10H20FN. The topological polar surface area (TPSA) is 26.0 Å². The predicted molar refractivity (Wildman–Crippen MR) is 49.7 cm³/mol. The lowest BCUT2D eigenvalue weighted by molar-refractivity contribution is 0.00609. The van der Waals surface area contributed by atoms with Gasteiger partial charge in [-0.1, -0.05) is 27.7 Å². The highest BCUT2D eigenvalue weighted by atomic mass is 19.1. The molecule has 0 aromatic carbocycles. The van der Waals surface area contributed by atoms with Crippen molar-refractivity contribution in [3.63, 3.8) is 0 Å². The summed E-state index contributed by atoms with van der Waals surface area (Å²) >= 11 is 0. The average Bonchev–Trinajstić information content (AvgIpc) is 1.79. The average molecular weight is 173 g/mol. The van der Waals surface area contributed by atoms with E-state index in [0.29, 0.717) is 0 Å². The molecule has 0 aromatic rings. The molecule has 1 aliphatic rings. The summed E-state index contributed by atoms with van der Waals surface area (Å²) in [6.45, 7) is 8.28. The zero-order valence-corrected chi connectivity index (χ0v) is 8.52. The lowest BCUT2D eigenvalue weighted by Gasteiger charge is -2.46. The molecule has 72 valence electrons. The normalized spacial score (nSPS) is 39.5. The van der Waals surface area contributed by atoms with Crippen molar-refractivity contribution in [3.05, 3.63) is 0 Å². The molecule has 12 heavy (non-hydrogen) atoms. The number of rotatable bonds is 0. The Balaban J connectivity index is 2.80. The van der Waals surface area contributed by atoms with Gasteiger partial charge in [-0.25, -0.2) is 4.39 Å². The fraction of sp³-hybridized carbons (Fsp3) is 1.00. The summed E-state index contributed by atoms with van der Waals surface area (Å²) in [4.78, 5) is 0. The molecule has 2 heteroatoms. The molecule has 0 aromatic heterocycles. The molecule has 0 bridgehead atoms. The highest BCUT2D eigenvalue weighted by Gasteiger charge is 2.44. The largest absolute Gasteiger partial charge is 0.325 e. The highest BCUT2D eigenvalue weighted by Crippen LogP contribution is 2.46. The standard InChI is InChI=1S/C10H20FN/c1-9(2)5-7(12)8(11)10(3,4)6-9/h7-8H,5-6,12H2,1-4H3/t7-,8+/m0/s1. The minimum Gasteiger partial charge on any atom is -0.325 e. The van der Waals surface area contributed by atoms with Gasteiger partial charge in [-0.3, -0.25) is 0 Å². The van der Waals surface area contributed by atoms with Crippen molar-refractivity contribution in [3.8, 4) is 0 Å². The van der Waals surface area contributed by atoms with Gasteiger partial charge in [-0.15, -0.1) is 0 Å². The van der Waals surface area contributed by atoms with Gasteiger partial charge in [0.25, 0.3) is 0 Å². The SMILES string of the molecule is CC1(C)C[C@H](N)[C@@H](F)C(C)(C)C1. The van der Waals surface area contributed by atoms with Gasteiger partial charge >= 0.3 is 0 Å². The summed E-state index contributed by atoms with van der Waals surface area (Å²) < 4.78 is 13.6. The number of nitrogens with two attached hydrogens (primary N) is 1. The van der Waals surface area contributed by atoms with Crippen LogP contribution < -0.4 is 5.73 Å². The van der Waals surface area contributed by atoms with Crippen LogP contribution in [0.25, 0.3) is 0 Å². The van der Waals surface area contributed by atoms with Crippen LogP contribution in [0.1, 0.15) is 40.5 Å². The molecule has 0 unspecified atom stereocenters. The molecule has 1 nitrogen and oxygen atoms in total. The molecular weight excluding hydrogens is 153 g/mol. The van der Waals surface area contributed by atoms with E-state index in [0.717, 1.165) is 12.8 Å². The molecule has 2 atom stereocenters. The van der Waals surface area contributed by atoms with E-state index < -0.39 is 6.17 Å². The zero-order valence-electron chi connectivity index (χ0n) is 8.52. The fourth-order valence-corrected chi connectivity index (χ4v) is 2.72.